The van der Waals surface area contributed by atoms with Crippen LogP contribution in [0.25, 0.3) is 0 Å². The van der Waals surface area contributed by atoms with Crippen molar-refractivity contribution in [3.8, 4) is 6.07 Å². The third kappa shape index (κ3) is 3.15. The predicted molar refractivity (Wildman–Crippen MR) is 60.1 cm³/mol. The molecule has 5 nitrogen and oxygen atoms in total. The third-order valence-electron chi connectivity index (χ3n) is 1.74. The van der Waals surface area contributed by atoms with Gasteiger partial charge in [-0.2, -0.15) is 5.26 Å². The van der Waals surface area contributed by atoms with Crippen LogP contribution >= 0.6 is 11.8 Å². The van der Waals surface area contributed by atoms with E-state index in [4.69, 9.17) is 15.2 Å². The lowest BCUT2D eigenvalue weighted by atomic mass is 10.2. The van der Waals surface area contributed by atoms with Crippen molar-refractivity contribution in [2.24, 2.45) is 0 Å². The van der Waals surface area contributed by atoms with E-state index in [-0.39, 0.29) is 0 Å². The minimum absolute atomic E-state index is 0.445. The molecule has 0 saturated carbocycles. The highest BCUT2D eigenvalue weighted by molar-refractivity contribution is 7.98. The first-order valence-corrected chi connectivity index (χ1v) is 5.58. The highest BCUT2D eigenvalue weighted by Gasteiger charge is 2.07. The molecular formula is C10H10N2O3S. The largest absolute Gasteiger partial charge is 0.479 e. The Balaban J connectivity index is 2.80. The lowest BCUT2D eigenvalue weighted by molar-refractivity contribution is -0.141. The summed E-state index contributed by atoms with van der Waals surface area (Å²) in [5.41, 5.74) is 3.37. The van der Waals surface area contributed by atoms with Crippen molar-refractivity contribution >= 4 is 23.4 Å². The predicted octanol–water partition coefficient (Wildman–Crippen LogP) is 1.71. The highest BCUT2D eigenvalue weighted by Crippen LogP contribution is 2.26. The molecule has 1 aromatic carbocycles. The number of aliphatic carboxylic acids is 1. The standard InChI is InChI=1S/C10H10N2O3S/c1-16-9-4-2-3-8(7(9)5-11)12-15-6-10(13)14/h2-4,12H,6H2,1H3,(H,13,14). The van der Waals surface area contributed by atoms with E-state index in [1.807, 2.05) is 18.4 Å². The Bertz CT molecular complexity index is 429. The minimum Gasteiger partial charge on any atom is -0.479 e. The fourth-order valence-corrected chi connectivity index (χ4v) is 1.65. The summed E-state index contributed by atoms with van der Waals surface area (Å²) in [5.74, 6) is -1.08. The fourth-order valence-electron chi connectivity index (χ4n) is 1.08. The van der Waals surface area contributed by atoms with Crippen molar-refractivity contribution in [1.82, 2.24) is 0 Å². The maximum atomic E-state index is 10.2. The fraction of sp³-hybridized carbons (Fsp3) is 0.200. The number of nitriles is 1. The van der Waals surface area contributed by atoms with E-state index in [0.717, 1.165) is 4.90 Å². The number of carboxylic acids is 1. The van der Waals surface area contributed by atoms with Crippen LogP contribution in [0, 0.1) is 11.3 Å². The molecule has 84 valence electrons. The van der Waals surface area contributed by atoms with Crippen LogP contribution in [0.3, 0.4) is 0 Å². The van der Waals surface area contributed by atoms with E-state index in [2.05, 4.69) is 5.48 Å². The summed E-state index contributed by atoms with van der Waals surface area (Å²) in [6.45, 7) is -0.464. The first-order valence-electron chi connectivity index (χ1n) is 4.35. The van der Waals surface area contributed by atoms with Crippen molar-refractivity contribution in [3.63, 3.8) is 0 Å². The first kappa shape index (κ1) is 12.4. The molecule has 0 spiro atoms. The highest BCUT2D eigenvalue weighted by atomic mass is 32.2. The number of rotatable bonds is 5. The van der Waals surface area contributed by atoms with Crippen LogP contribution < -0.4 is 5.48 Å². The zero-order valence-corrected chi connectivity index (χ0v) is 9.37. The number of hydrogen-bond acceptors (Lipinski definition) is 5. The smallest absolute Gasteiger partial charge is 0.332 e. The summed E-state index contributed by atoms with van der Waals surface area (Å²) in [4.78, 5) is 15.8. The number of nitrogens with zero attached hydrogens (tertiary/aromatic N) is 1. The molecule has 16 heavy (non-hydrogen) atoms. The van der Waals surface area contributed by atoms with Crippen LogP contribution in [-0.4, -0.2) is 23.9 Å². The Morgan fingerprint density at radius 1 is 1.69 bits per heavy atom. The van der Waals surface area contributed by atoms with Gasteiger partial charge in [0.2, 0.25) is 0 Å². The second-order valence-electron chi connectivity index (χ2n) is 2.78. The molecule has 0 aliphatic rings. The number of hydrogen-bond donors (Lipinski definition) is 2. The van der Waals surface area contributed by atoms with Crippen LogP contribution in [0.15, 0.2) is 23.1 Å². The Labute approximate surface area is 97.0 Å². The number of carboxylic acid groups (broad SMARTS) is 1. The van der Waals surface area contributed by atoms with Gasteiger partial charge in [0.25, 0.3) is 0 Å². The summed E-state index contributed by atoms with van der Waals surface area (Å²) in [7, 11) is 0. The van der Waals surface area contributed by atoms with Crippen LogP contribution in [0.5, 0.6) is 0 Å². The molecule has 1 aromatic rings. The summed E-state index contributed by atoms with van der Waals surface area (Å²) in [6.07, 6.45) is 1.86. The molecule has 0 atom stereocenters. The second kappa shape index (κ2) is 6.00. The average Bonchev–Trinajstić information content (AvgIpc) is 2.28. The molecule has 0 aliphatic carbocycles. The van der Waals surface area contributed by atoms with Crippen LogP contribution in [0.2, 0.25) is 0 Å². The number of benzene rings is 1. The zero-order valence-electron chi connectivity index (χ0n) is 8.56. The Morgan fingerprint density at radius 3 is 3.00 bits per heavy atom. The van der Waals surface area contributed by atoms with Gasteiger partial charge < -0.3 is 5.11 Å². The molecule has 0 aliphatic heterocycles. The molecule has 0 aromatic heterocycles. The summed E-state index contributed by atoms with van der Waals surface area (Å²) in [5, 5.41) is 17.3. The normalized spacial score (nSPS) is 9.50. The van der Waals surface area contributed by atoms with Gasteiger partial charge in [0.05, 0.1) is 11.3 Å². The molecule has 0 fully saturated rings. The maximum absolute atomic E-state index is 10.2. The van der Waals surface area contributed by atoms with Crippen LogP contribution in [0.4, 0.5) is 5.69 Å². The molecule has 6 heteroatoms. The topological polar surface area (TPSA) is 82.3 Å². The summed E-state index contributed by atoms with van der Waals surface area (Å²) >= 11 is 1.44. The van der Waals surface area contributed by atoms with E-state index in [0.29, 0.717) is 11.3 Å². The van der Waals surface area contributed by atoms with Crippen LogP contribution in [-0.2, 0) is 9.63 Å². The van der Waals surface area contributed by atoms with E-state index >= 15 is 0 Å². The molecule has 0 bridgehead atoms. The first-order chi connectivity index (χ1) is 7.69. The van der Waals surface area contributed by atoms with Gasteiger partial charge in [0.1, 0.15) is 6.07 Å². The second-order valence-corrected chi connectivity index (χ2v) is 3.63. The molecule has 1 rings (SSSR count). The molecule has 0 amide bonds. The van der Waals surface area contributed by atoms with Crippen molar-refractivity contribution in [2.45, 2.75) is 4.90 Å². The average molecular weight is 238 g/mol. The molecular weight excluding hydrogens is 228 g/mol. The maximum Gasteiger partial charge on any atom is 0.332 e. The summed E-state index contributed by atoms with van der Waals surface area (Å²) in [6, 6.07) is 7.27. The number of nitrogens with one attached hydrogen (secondary N) is 1. The van der Waals surface area contributed by atoms with Crippen molar-refractivity contribution < 1.29 is 14.7 Å². The lowest BCUT2D eigenvalue weighted by Gasteiger charge is -2.09. The lowest BCUT2D eigenvalue weighted by Crippen LogP contribution is -2.12. The zero-order chi connectivity index (χ0) is 12.0. The van der Waals surface area contributed by atoms with Gasteiger partial charge in [-0.15, -0.1) is 11.8 Å². The SMILES string of the molecule is CSc1cccc(NOCC(=O)O)c1C#N. The molecule has 2 N–H and O–H groups in total. The Morgan fingerprint density at radius 2 is 2.44 bits per heavy atom. The monoisotopic (exact) mass is 238 g/mol. The van der Waals surface area contributed by atoms with Crippen molar-refractivity contribution in [3.05, 3.63) is 23.8 Å². The Kier molecular flexibility index (Phi) is 4.64. The van der Waals surface area contributed by atoms with Crippen molar-refractivity contribution in [2.75, 3.05) is 18.3 Å². The molecule has 0 heterocycles. The van der Waals surface area contributed by atoms with E-state index < -0.39 is 12.6 Å². The van der Waals surface area contributed by atoms with Gasteiger partial charge >= 0.3 is 5.97 Å². The van der Waals surface area contributed by atoms with Gasteiger partial charge in [-0.05, 0) is 18.4 Å². The van der Waals surface area contributed by atoms with Gasteiger partial charge in [-0.1, -0.05) is 6.07 Å². The van der Waals surface area contributed by atoms with E-state index in [1.165, 1.54) is 11.8 Å². The van der Waals surface area contributed by atoms with Gasteiger partial charge in [-0.25, -0.2) is 4.79 Å². The minimum atomic E-state index is -1.08. The number of carbonyl (C=O) groups is 1. The van der Waals surface area contributed by atoms with E-state index in [1.54, 1.807) is 12.1 Å². The van der Waals surface area contributed by atoms with Crippen molar-refractivity contribution in [1.29, 1.82) is 5.26 Å². The number of anilines is 1. The molecule has 0 saturated heterocycles. The van der Waals surface area contributed by atoms with Crippen LogP contribution in [0.1, 0.15) is 5.56 Å². The van der Waals surface area contributed by atoms with Gasteiger partial charge in [0, 0.05) is 4.90 Å². The Hall–Kier alpha value is -1.71. The van der Waals surface area contributed by atoms with E-state index in [9.17, 15) is 4.79 Å². The van der Waals surface area contributed by atoms with Gasteiger partial charge in [-0.3, -0.25) is 10.3 Å². The summed E-state index contributed by atoms with van der Waals surface area (Å²) < 4.78 is 0. The molecule has 0 unspecified atom stereocenters. The molecule has 0 radical (unpaired) electrons. The third-order valence-corrected chi connectivity index (χ3v) is 2.52. The number of thioether (sulfide) groups is 1. The quantitative estimate of drug-likeness (QED) is 0.600. The van der Waals surface area contributed by atoms with Gasteiger partial charge in [0.15, 0.2) is 6.61 Å².